The van der Waals surface area contributed by atoms with Gasteiger partial charge in [-0.15, -0.1) is 0 Å². The van der Waals surface area contributed by atoms with E-state index in [1.165, 1.54) is 43.4 Å². The molecule has 0 aromatic heterocycles. The van der Waals surface area contributed by atoms with Gasteiger partial charge in [0.05, 0.1) is 20.5 Å². The average Bonchev–Trinajstić information content (AvgIpc) is 2.76. The van der Waals surface area contributed by atoms with Gasteiger partial charge in [-0.2, -0.15) is 0 Å². The van der Waals surface area contributed by atoms with Crippen LogP contribution in [0.1, 0.15) is 20.7 Å². The first-order valence-corrected chi connectivity index (χ1v) is 11.3. The van der Waals surface area contributed by atoms with Crippen molar-refractivity contribution < 1.29 is 22.4 Å². The fraction of sp³-hybridized carbons (Fsp3) is 0.0476. The topological polar surface area (TPSA) is 104 Å². The molecule has 166 valence electrons. The SMILES string of the molecule is CNC(=O)c1cc(NC(=O)c2ccc(NS(=O)(=O)c3ccc(F)c(Cl)c3)cc2)ccc1Cl. The lowest BCUT2D eigenvalue weighted by Crippen LogP contribution is -2.19. The lowest BCUT2D eigenvalue weighted by atomic mass is 10.1. The van der Waals surface area contributed by atoms with Crippen molar-refractivity contribution in [2.75, 3.05) is 17.1 Å². The van der Waals surface area contributed by atoms with Crippen LogP contribution in [0.25, 0.3) is 0 Å². The van der Waals surface area contributed by atoms with Crippen molar-refractivity contribution in [1.82, 2.24) is 5.32 Å². The van der Waals surface area contributed by atoms with Crippen LogP contribution in [-0.2, 0) is 10.0 Å². The molecular weight excluding hydrogens is 480 g/mol. The van der Waals surface area contributed by atoms with Gasteiger partial charge in [-0.1, -0.05) is 23.2 Å². The normalized spacial score (nSPS) is 11.0. The first kappa shape index (κ1) is 23.5. The lowest BCUT2D eigenvalue weighted by Gasteiger charge is -2.11. The highest BCUT2D eigenvalue weighted by atomic mass is 35.5. The zero-order chi connectivity index (χ0) is 23.5. The summed E-state index contributed by atoms with van der Waals surface area (Å²) in [4.78, 5) is 24.1. The van der Waals surface area contributed by atoms with Crippen LogP contribution in [-0.4, -0.2) is 27.3 Å². The highest BCUT2D eigenvalue weighted by molar-refractivity contribution is 7.92. The number of halogens is 3. The molecular formula is C21H16Cl2FN3O4S. The van der Waals surface area contributed by atoms with Gasteiger partial charge in [-0.05, 0) is 60.7 Å². The summed E-state index contributed by atoms with van der Waals surface area (Å²) in [6.07, 6.45) is 0. The molecule has 11 heteroatoms. The molecule has 7 nitrogen and oxygen atoms in total. The van der Waals surface area contributed by atoms with Crippen LogP contribution in [0.5, 0.6) is 0 Å². The molecule has 3 N–H and O–H groups in total. The minimum atomic E-state index is -4.01. The van der Waals surface area contributed by atoms with E-state index < -0.39 is 27.7 Å². The predicted molar refractivity (Wildman–Crippen MR) is 121 cm³/mol. The van der Waals surface area contributed by atoms with Gasteiger partial charge in [0.15, 0.2) is 0 Å². The van der Waals surface area contributed by atoms with E-state index in [1.54, 1.807) is 6.07 Å². The van der Waals surface area contributed by atoms with Gasteiger partial charge in [-0.3, -0.25) is 14.3 Å². The molecule has 3 rings (SSSR count). The lowest BCUT2D eigenvalue weighted by molar-refractivity contribution is 0.0961. The second-order valence-electron chi connectivity index (χ2n) is 6.49. The summed E-state index contributed by atoms with van der Waals surface area (Å²) in [6, 6.07) is 13.1. The molecule has 32 heavy (non-hydrogen) atoms. The van der Waals surface area contributed by atoms with E-state index in [2.05, 4.69) is 15.4 Å². The van der Waals surface area contributed by atoms with Crippen molar-refractivity contribution in [2.45, 2.75) is 4.90 Å². The Kier molecular flexibility index (Phi) is 7.02. The second-order valence-corrected chi connectivity index (χ2v) is 8.98. The molecule has 3 aromatic rings. The summed E-state index contributed by atoms with van der Waals surface area (Å²) in [5.41, 5.74) is 0.998. The van der Waals surface area contributed by atoms with Gasteiger partial charge in [0, 0.05) is 24.0 Å². The number of amides is 2. The summed E-state index contributed by atoms with van der Waals surface area (Å²) in [7, 11) is -2.54. The summed E-state index contributed by atoms with van der Waals surface area (Å²) >= 11 is 11.6. The van der Waals surface area contributed by atoms with Crippen molar-refractivity contribution in [1.29, 1.82) is 0 Å². The number of carbonyl (C=O) groups is 2. The second kappa shape index (κ2) is 9.56. The number of rotatable bonds is 6. The molecule has 0 saturated carbocycles. The Balaban J connectivity index is 1.73. The third-order valence-electron chi connectivity index (χ3n) is 4.30. The Morgan fingerprint density at radius 3 is 2.12 bits per heavy atom. The molecule has 0 bridgehead atoms. The largest absolute Gasteiger partial charge is 0.355 e. The summed E-state index contributed by atoms with van der Waals surface area (Å²) in [6.45, 7) is 0. The van der Waals surface area contributed by atoms with Crippen LogP contribution in [0.2, 0.25) is 10.0 Å². The van der Waals surface area contributed by atoms with Gasteiger partial charge in [0.25, 0.3) is 21.8 Å². The molecule has 3 aromatic carbocycles. The van der Waals surface area contributed by atoms with Crippen LogP contribution in [0.3, 0.4) is 0 Å². The molecule has 0 radical (unpaired) electrons. The standard InChI is InChI=1S/C21H16Cl2FN3O4S/c1-25-21(29)16-10-14(6-8-17(16)22)26-20(28)12-2-4-13(5-3-12)27-32(30,31)15-7-9-19(24)18(23)11-15/h2-11,27H,1H3,(H,25,29)(H,26,28). The van der Waals surface area contributed by atoms with Crippen molar-refractivity contribution in [3.05, 3.63) is 87.7 Å². The van der Waals surface area contributed by atoms with Crippen molar-refractivity contribution >= 4 is 56.4 Å². The van der Waals surface area contributed by atoms with Crippen molar-refractivity contribution in [3.8, 4) is 0 Å². The molecule has 2 amide bonds. The molecule has 0 aliphatic carbocycles. The number of anilines is 2. The van der Waals surface area contributed by atoms with Crippen LogP contribution in [0, 0.1) is 5.82 Å². The number of benzene rings is 3. The van der Waals surface area contributed by atoms with Gasteiger partial charge in [0.2, 0.25) is 0 Å². The Morgan fingerprint density at radius 2 is 1.50 bits per heavy atom. The summed E-state index contributed by atoms with van der Waals surface area (Å²) in [5, 5.41) is 5.02. The van der Waals surface area contributed by atoms with Crippen molar-refractivity contribution in [3.63, 3.8) is 0 Å². The highest BCUT2D eigenvalue weighted by Crippen LogP contribution is 2.23. The first-order chi connectivity index (χ1) is 15.1. The van der Waals surface area contributed by atoms with Gasteiger partial charge >= 0.3 is 0 Å². The van der Waals surface area contributed by atoms with E-state index in [0.717, 1.165) is 18.2 Å². The van der Waals surface area contributed by atoms with Crippen LogP contribution in [0.4, 0.5) is 15.8 Å². The molecule has 0 aliphatic rings. The van der Waals surface area contributed by atoms with E-state index in [9.17, 15) is 22.4 Å². The molecule has 0 spiro atoms. The van der Waals surface area contributed by atoms with Crippen LogP contribution >= 0.6 is 23.2 Å². The number of carbonyl (C=O) groups excluding carboxylic acids is 2. The smallest absolute Gasteiger partial charge is 0.261 e. The van der Waals surface area contributed by atoms with E-state index in [-0.39, 0.29) is 31.8 Å². The minimum Gasteiger partial charge on any atom is -0.355 e. The van der Waals surface area contributed by atoms with Gasteiger partial charge in [-0.25, -0.2) is 12.8 Å². The van der Waals surface area contributed by atoms with Crippen LogP contribution < -0.4 is 15.4 Å². The van der Waals surface area contributed by atoms with Crippen molar-refractivity contribution in [2.24, 2.45) is 0 Å². The molecule has 0 unspecified atom stereocenters. The quantitative estimate of drug-likeness (QED) is 0.466. The van der Waals surface area contributed by atoms with E-state index in [1.807, 2.05) is 0 Å². The predicted octanol–water partition coefficient (Wildman–Crippen LogP) is 4.55. The fourth-order valence-electron chi connectivity index (χ4n) is 2.66. The number of nitrogens with one attached hydrogen (secondary N) is 3. The van der Waals surface area contributed by atoms with Gasteiger partial charge < -0.3 is 10.6 Å². The Bertz CT molecular complexity index is 1300. The molecule has 0 heterocycles. The first-order valence-electron chi connectivity index (χ1n) is 9.01. The monoisotopic (exact) mass is 495 g/mol. The van der Waals surface area contributed by atoms with Gasteiger partial charge in [0.1, 0.15) is 5.82 Å². The Hall–Kier alpha value is -3.14. The Morgan fingerprint density at radius 1 is 0.844 bits per heavy atom. The fourth-order valence-corrected chi connectivity index (χ4v) is 4.20. The highest BCUT2D eigenvalue weighted by Gasteiger charge is 2.17. The van der Waals surface area contributed by atoms with E-state index in [4.69, 9.17) is 23.2 Å². The molecule has 0 saturated heterocycles. The van der Waals surface area contributed by atoms with E-state index in [0.29, 0.717) is 5.69 Å². The zero-order valence-electron chi connectivity index (χ0n) is 16.4. The molecule has 0 fully saturated rings. The summed E-state index contributed by atoms with van der Waals surface area (Å²) in [5.74, 6) is -1.61. The average molecular weight is 496 g/mol. The minimum absolute atomic E-state index is 0.190. The number of hydrogen-bond acceptors (Lipinski definition) is 4. The maximum Gasteiger partial charge on any atom is 0.261 e. The third-order valence-corrected chi connectivity index (χ3v) is 6.29. The third kappa shape index (κ3) is 5.37. The summed E-state index contributed by atoms with van der Waals surface area (Å²) < 4.78 is 40.5. The molecule has 0 aliphatic heterocycles. The number of hydrogen-bond donors (Lipinski definition) is 3. The molecule has 0 atom stereocenters. The Labute approximate surface area is 193 Å². The maximum atomic E-state index is 13.3. The van der Waals surface area contributed by atoms with Crippen LogP contribution in [0.15, 0.2) is 65.6 Å². The number of sulfonamides is 1. The maximum absolute atomic E-state index is 13.3. The zero-order valence-corrected chi connectivity index (χ0v) is 18.8. The van der Waals surface area contributed by atoms with E-state index >= 15 is 0 Å².